The number of aromatic nitrogens is 2. The molecule has 5 aromatic rings. The first-order valence-corrected chi connectivity index (χ1v) is 18.2. The van der Waals surface area contributed by atoms with E-state index in [4.69, 9.17) is 9.72 Å². The zero-order chi connectivity index (χ0) is 39.7. The number of halogens is 3. The largest absolute Gasteiger partial charge is 0.573 e. The number of nitrogens with zero attached hydrogens (tertiary/aromatic N) is 3. The third-order valence-electron chi connectivity index (χ3n) is 10.6. The van der Waals surface area contributed by atoms with Crippen LogP contribution in [-0.2, 0) is 24.7 Å². The molecule has 9 nitrogen and oxygen atoms in total. The van der Waals surface area contributed by atoms with Crippen LogP contribution in [0.1, 0.15) is 28.1 Å². The van der Waals surface area contributed by atoms with Gasteiger partial charge in [0.05, 0.1) is 29.8 Å². The lowest BCUT2D eigenvalue weighted by Gasteiger charge is -2.36. The second-order valence-corrected chi connectivity index (χ2v) is 13.8. The number of carbonyl (C=O) groups excluding carboxylic acids is 3. The average molecular weight is 770 g/mol. The SMILES string of the molecule is O=C(C=Cc1ccc(OC(F)(F)F)cc1)OCCN1C(=O)C2C3C=C(C(O)(c4ccccc4)c4ccccn4)C(C3=C(c3ccccc3)c3ccccn3)C2C1=O. The zero-order valence-corrected chi connectivity index (χ0v) is 30.1. The van der Waals surface area contributed by atoms with Gasteiger partial charge < -0.3 is 14.6 Å². The maximum atomic E-state index is 14.6. The minimum atomic E-state index is -4.83. The first kappa shape index (κ1) is 37.3. The molecule has 5 atom stereocenters. The van der Waals surface area contributed by atoms with E-state index in [1.54, 1.807) is 30.6 Å². The number of esters is 1. The molecule has 57 heavy (non-hydrogen) atoms. The van der Waals surface area contributed by atoms with E-state index in [0.29, 0.717) is 28.1 Å². The molecule has 3 heterocycles. The van der Waals surface area contributed by atoms with Crippen LogP contribution in [0.2, 0.25) is 0 Å². The Morgan fingerprint density at radius 2 is 1.44 bits per heavy atom. The highest BCUT2D eigenvalue weighted by Crippen LogP contribution is 2.64. The van der Waals surface area contributed by atoms with Gasteiger partial charge >= 0.3 is 12.3 Å². The van der Waals surface area contributed by atoms with Crippen molar-refractivity contribution in [3.8, 4) is 5.75 Å². The van der Waals surface area contributed by atoms with Crippen molar-refractivity contribution in [2.24, 2.45) is 23.7 Å². The van der Waals surface area contributed by atoms with Gasteiger partial charge in [0.1, 0.15) is 12.4 Å². The monoisotopic (exact) mass is 769 g/mol. The number of carbonyl (C=O) groups is 3. The predicted molar refractivity (Wildman–Crippen MR) is 202 cm³/mol. The highest BCUT2D eigenvalue weighted by Gasteiger charge is 2.66. The summed E-state index contributed by atoms with van der Waals surface area (Å²) in [6.07, 6.45) is 2.85. The molecular formula is C45H34F3N3O6. The number of alkyl halides is 3. The number of likely N-dealkylation sites (tertiary alicyclic amines) is 1. The normalized spacial score (nSPS) is 22.0. The molecule has 12 heteroatoms. The molecule has 1 N–H and O–H groups in total. The van der Waals surface area contributed by atoms with Gasteiger partial charge in [-0.15, -0.1) is 13.2 Å². The number of fused-ring (bicyclic) bond motifs is 5. The van der Waals surface area contributed by atoms with Crippen molar-refractivity contribution < 1.29 is 42.1 Å². The van der Waals surface area contributed by atoms with Crippen molar-refractivity contribution in [3.63, 3.8) is 0 Å². The summed E-state index contributed by atoms with van der Waals surface area (Å²) < 4.78 is 46.7. The number of aliphatic hydroxyl groups is 1. The number of imide groups is 1. The fraction of sp³-hybridized carbons (Fsp3) is 0.178. The van der Waals surface area contributed by atoms with Gasteiger partial charge in [-0.05, 0) is 70.3 Å². The molecule has 3 aromatic carbocycles. The van der Waals surface area contributed by atoms with Crippen molar-refractivity contribution in [2.75, 3.05) is 13.2 Å². The molecule has 2 fully saturated rings. The molecule has 0 spiro atoms. The van der Waals surface area contributed by atoms with Crippen LogP contribution in [0.3, 0.4) is 0 Å². The number of ether oxygens (including phenoxy) is 2. The van der Waals surface area contributed by atoms with E-state index in [-0.39, 0.29) is 13.2 Å². The number of benzene rings is 3. The summed E-state index contributed by atoms with van der Waals surface area (Å²) in [5.74, 6) is -5.02. The number of allylic oxidation sites excluding steroid dienone is 2. The van der Waals surface area contributed by atoms with E-state index >= 15 is 0 Å². The van der Waals surface area contributed by atoms with Crippen LogP contribution in [0, 0.1) is 23.7 Å². The lowest BCUT2D eigenvalue weighted by Crippen LogP contribution is -2.39. The smallest absolute Gasteiger partial charge is 0.461 e. The molecule has 2 bridgehead atoms. The topological polar surface area (TPSA) is 119 Å². The lowest BCUT2D eigenvalue weighted by molar-refractivity contribution is -0.274. The number of rotatable bonds is 11. The summed E-state index contributed by atoms with van der Waals surface area (Å²) in [6, 6.07) is 34.6. The van der Waals surface area contributed by atoms with Gasteiger partial charge in [0.2, 0.25) is 11.8 Å². The van der Waals surface area contributed by atoms with Gasteiger partial charge in [0, 0.05) is 35.9 Å². The summed E-state index contributed by atoms with van der Waals surface area (Å²) in [5.41, 5.74) is 3.20. The van der Waals surface area contributed by atoms with Crippen LogP contribution >= 0.6 is 0 Å². The molecule has 2 amide bonds. The van der Waals surface area contributed by atoms with E-state index in [0.717, 1.165) is 39.8 Å². The summed E-state index contributed by atoms with van der Waals surface area (Å²) in [5, 5.41) is 13.1. The quantitative estimate of drug-likeness (QED) is 0.0652. The standard InChI is InChI=1S/C45H34F3N3O6/c46-45(47,48)57-31-20-17-28(18-21-31)19-22-36(52)56-26-25-51-42(53)39-32-27-33(44(55,30-13-5-2-6-14-30)35-16-8-10-24-50-35)40(41(39)43(51)54)38(32)37(29-11-3-1-4-12-29)34-15-7-9-23-49-34/h1-24,27,32,39-41,55H,25-26H2. The number of hydrogen-bond acceptors (Lipinski definition) is 8. The van der Waals surface area contributed by atoms with Crippen molar-refractivity contribution in [2.45, 2.75) is 12.0 Å². The third kappa shape index (κ3) is 7.04. The molecule has 1 saturated carbocycles. The second-order valence-electron chi connectivity index (χ2n) is 13.8. The average Bonchev–Trinajstić information content (AvgIpc) is 3.84. The van der Waals surface area contributed by atoms with Gasteiger partial charge in [0.15, 0.2) is 5.60 Å². The van der Waals surface area contributed by atoms with Crippen molar-refractivity contribution in [1.82, 2.24) is 14.9 Å². The van der Waals surface area contributed by atoms with Gasteiger partial charge in [-0.2, -0.15) is 0 Å². The Balaban J connectivity index is 1.12. The molecule has 3 aliphatic rings. The van der Waals surface area contributed by atoms with Crippen molar-refractivity contribution in [1.29, 1.82) is 0 Å². The first-order chi connectivity index (χ1) is 27.5. The van der Waals surface area contributed by atoms with Crippen LogP contribution in [-0.4, -0.2) is 57.3 Å². The predicted octanol–water partition coefficient (Wildman–Crippen LogP) is 7.16. The summed E-state index contributed by atoms with van der Waals surface area (Å²) in [7, 11) is 0. The van der Waals surface area contributed by atoms with Gasteiger partial charge in [0.25, 0.3) is 0 Å². The van der Waals surface area contributed by atoms with Crippen LogP contribution in [0.4, 0.5) is 13.2 Å². The zero-order valence-electron chi connectivity index (χ0n) is 30.1. The minimum Gasteiger partial charge on any atom is -0.461 e. The van der Waals surface area contributed by atoms with E-state index in [9.17, 15) is 32.7 Å². The van der Waals surface area contributed by atoms with Gasteiger partial charge in [-0.1, -0.05) is 91.0 Å². The van der Waals surface area contributed by atoms with Gasteiger partial charge in [-0.3, -0.25) is 24.5 Å². The van der Waals surface area contributed by atoms with Crippen molar-refractivity contribution in [3.05, 3.63) is 185 Å². The molecule has 5 unspecified atom stereocenters. The number of pyridine rings is 2. The molecule has 1 saturated heterocycles. The summed E-state index contributed by atoms with van der Waals surface area (Å²) in [6.45, 7) is -0.488. The minimum absolute atomic E-state index is 0.198. The van der Waals surface area contributed by atoms with Crippen molar-refractivity contribution >= 4 is 29.4 Å². The molecule has 2 aromatic heterocycles. The van der Waals surface area contributed by atoms with Crippen LogP contribution in [0.5, 0.6) is 5.75 Å². The molecule has 2 aliphatic carbocycles. The maximum absolute atomic E-state index is 14.6. The van der Waals surface area contributed by atoms with E-state index < -0.39 is 59.2 Å². The molecular weight excluding hydrogens is 736 g/mol. The van der Waals surface area contributed by atoms with E-state index in [1.807, 2.05) is 84.9 Å². The molecule has 0 radical (unpaired) electrons. The van der Waals surface area contributed by atoms with Crippen LogP contribution in [0.15, 0.2) is 157 Å². The molecule has 8 rings (SSSR count). The molecule has 286 valence electrons. The Hall–Kier alpha value is -6.66. The Morgan fingerprint density at radius 1 is 0.789 bits per heavy atom. The number of amides is 2. The Morgan fingerprint density at radius 3 is 2.09 bits per heavy atom. The maximum Gasteiger partial charge on any atom is 0.573 e. The van der Waals surface area contributed by atoms with Crippen LogP contribution < -0.4 is 4.74 Å². The highest BCUT2D eigenvalue weighted by atomic mass is 19.4. The fourth-order valence-corrected chi connectivity index (χ4v) is 8.36. The number of hydrogen-bond donors (Lipinski definition) is 1. The van der Waals surface area contributed by atoms with Crippen LogP contribution in [0.25, 0.3) is 11.6 Å². The fourth-order valence-electron chi connectivity index (χ4n) is 8.36. The lowest BCUT2D eigenvalue weighted by atomic mass is 9.71. The molecule has 1 aliphatic heterocycles. The Labute approximate surface area is 325 Å². The third-order valence-corrected chi connectivity index (χ3v) is 10.6. The Bertz CT molecular complexity index is 2300. The summed E-state index contributed by atoms with van der Waals surface area (Å²) in [4.78, 5) is 52.0. The Kier molecular flexibility index (Phi) is 9.88. The highest BCUT2D eigenvalue weighted by molar-refractivity contribution is 6.08. The summed E-state index contributed by atoms with van der Waals surface area (Å²) >= 11 is 0. The van der Waals surface area contributed by atoms with Gasteiger partial charge in [-0.25, -0.2) is 4.79 Å². The first-order valence-electron chi connectivity index (χ1n) is 18.2. The second kappa shape index (κ2) is 15.1. The van der Waals surface area contributed by atoms with E-state index in [2.05, 4.69) is 9.72 Å². The van der Waals surface area contributed by atoms with E-state index in [1.165, 1.54) is 18.2 Å².